The summed E-state index contributed by atoms with van der Waals surface area (Å²) in [6.45, 7) is 2.26. The molecule has 1 heterocycles. The number of carbonyl (C=O) groups excluding carboxylic acids is 1. The van der Waals surface area contributed by atoms with E-state index in [-0.39, 0.29) is 12.8 Å². The van der Waals surface area contributed by atoms with Gasteiger partial charge in [-0.2, -0.15) is 0 Å². The molecule has 1 saturated heterocycles. The van der Waals surface area contributed by atoms with Crippen molar-refractivity contribution in [3.05, 3.63) is 0 Å². The zero-order valence-electron chi connectivity index (χ0n) is 51.0. The van der Waals surface area contributed by atoms with Crippen molar-refractivity contribution in [3.8, 4) is 0 Å². The Morgan fingerprint density at radius 3 is 1.16 bits per heavy atom. The number of unbranched alkanes of at least 4 members (excludes halogenated alkanes) is 29. The summed E-state index contributed by atoms with van der Waals surface area (Å²) < 4.78 is 57.8. The van der Waals surface area contributed by atoms with E-state index < -0.39 is 157 Å². The highest BCUT2D eigenvalue weighted by atomic mass is 31.2. The minimum atomic E-state index is -5.58. The van der Waals surface area contributed by atoms with Crippen LogP contribution in [0.3, 0.4) is 0 Å². The number of phosphoric ester groups is 2. The zero-order valence-corrected chi connectivity index (χ0v) is 52.8. The van der Waals surface area contributed by atoms with Crippen molar-refractivity contribution in [1.29, 1.82) is 0 Å². The third kappa shape index (κ3) is 28.5. The van der Waals surface area contributed by atoms with Gasteiger partial charge < -0.3 is 96.1 Å². The van der Waals surface area contributed by atoms with Gasteiger partial charge in [0.1, 0.15) is 104 Å². The quantitative estimate of drug-likeness (QED) is 0.0306. The Bertz CT molecular complexity index is 1850. The number of carbonyl (C=O) groups is 1. The molecule has 510 valence electrons. The lowest BCUT2D eigenvalue weighted by Gasteiger charge is -2.47. The Kier molecular flexibility index (Phi) is 39.7. The Hall–Kier alpha value is -0.950. The second-order valence-corrected chi connectivity index (χ2v) is 27.0. The van der Waals surface area contributed by atoms with Crippen molar-refractivity contribution in [3.63, 3.8) is 0 Å². The van der Waals surface area contributed by atoms with Gasteiger partial charge in [0.05, 0.1) is 25.4 Å². The van der Waals surface area contributed by atoms with E-state index in [2.05, 4.69) is 19.2 Å². The SMILES string of the molecule is CCCCCCCCCCCCCCCCCCC(O)C(=O)N[C@@H](COP(=O)(O)O[C@H]1C(O)C(O)C(O)[C@@H](O)C1O[C@H]1O[C@H](COP(=O)(O)OC2C(O)C(O)C(O)[C@@H](O)C2O)[C@@H](O)C(O)C1O)[C@H](O)CCCCCCCCCCCCCCCCC. The first kappa shape index (κ1) is 79.3. The third-order valence-electron chi connectivity index (χ3n) is 16.9. The lowest BCUT2D eigenvalue weighted by atomic mass is 9.84. The fourth-order valence-electron chi connectivity index (χ4n) is 11.3. The number of hydrogen-bond acceptors (Lipinski definition) is 23. The normalized spacial score (nSPS) is 32.3. The standard InChI is InChI=1S/C58H113NO25P2/c1-3-5-7-9-11-13-15-17-19-21-23-25-27-29-31-33-35-40(61)57(74)59-38(39(60)34-32-30-28-26-24-22-20-18-16-14-12-10-8-6-4-2)36-79-85(75,76)84-56-52(72)48(68)47(67)51(71)55(56)82-58-53(73)43(63)42(62)41(81-58)37-80-86(77,78)83-54-49(69)45(65)44(64)46(66)50(54)70/h38-56,58,60-73H,3-37H2,1-2H3,(H,59,74)(H,75,76)(H,77,78)/t38-,39+,40?,41+,42+,43?,44?,45+,46?,47?,48?,49?,50?,51+,52?,53?,54?,55?,56-,58+/m0/s1. The molecule has 26 nitrogen and oxygen atoms in total. The number of phosphoric acid groups is 2. The number of nitrogens with one attached hydrogen (secondary N) is 1. The summed E-state index contributed by atoms with van der Waals surface area (Å²) >= 11 is 0. The van der Waals surface area contributed by atoms with Crippen LogP contribution in [-0.2, 0) is 41.5 Å². The molecule has 0 aromatic rings. The number of hydrogen-bond donors (Lipinski definition) is 17. The molecule has 1 amide bonds. The van der Waals surface area contributed by atoms with E-state index in [0.29, 0.717) is 12.8 Å². The lowest BCUT2D eigenvalue weighted by Crippen LogP contribution is -2.67. The van der Waals surface area contributed by atoms with Crippen molar-refractivity contribution >= 4 is 21.6 Å². The first-order valence-electron chi connectivity index (χ1n) is 32.3. The lowest BCUT2D eigenvalue weighted by molar-refractivity contribution is -0.337. The van der Waals surface area contributed by atoms with Crippen LogP contribution >= 0.6 is 15.6 Å². The van der Waals surface area contributed by atoms with Gasteiger partial charge in [0.2, 0.25) is 5.91 Å². The van der Waals surface area contributed by atoms with Crippen molar-refractivity contribution < 1.29 is 123 Å². The predicted molar refractivity (Wildman–Crippen MR) is 315 cm³/mol. The Morgan fingerprint density at radius 2 is 0.744 bits per heavy atom. The van der Waals surface area contributed by atoms with E-state index in [4.69, 9.17) is 27.6 Å². The Morgan fingerprint density at radius 1 is 0.419 bits per heavy atom. The Balaban J connectivity index is 1.62. The molecule has 3 fully saturated rings. The first-order valence-corrected chi connectivity index (χ1v) is 35.3. The highest BCUT2D eigenvalue weighted by Gasteiger charge is 2.56. The molecule has 0 spiro atoms. The summed E-state index contributed by atoms with van der Waals surface area (Å²) in [5.74, 6) is -0.876. The number of ether oxygens (including phenoxy) is 2. The van der Waals surface area contributed by atoms with Crippen LogP contribution in [0, 0.1) is 0 Å². The molecular formula is C58H113NO25P2. The minimum absolute atomic E-state index is 0.103. The molecule has 2 aliphatic carbocycles. The average Bonchev–Trinajstić information content (AvgIpc) is 2.43. The van der Waals surface area contributed by atoms with Crippen molar-refractivity contribution in [2.45, 2.75) is 348 Å². The molecule has 3 aliphatic rings. The van der Waals surface area contributed by atoms with E-state index in [1.807, 2.05) is 0 Å². The van der Waals surface area contributed by atoms with Gasteiger partial charge >= 0.3 is 15.6 Å². The third-order valence-corrected chi connectivity index (χ3v) is 18.9. The molecule has 2 saturated carbocycles. The molecule has 1 aliphatic heterocycles. The van der Waals surface area contributed by atoms with Gasteiger partial charge in [-0.1, -0.05) is 213 Å². The summed E-state index contributed by atoms with van der Waals surface area (Å²) in [5, 5.41) is 151. The number of amides is 1. The van der Waals surface area contributed by atoms with Crippen LogP contribution in [0.25, 0.3) is 0 Å². The molecule has 0 radical (unpaired) electrons. The smallest absolute Gasteiger partial charge is 0.391 e. The molecular weight excluding hydrogens is 1170 g/mol. The molecule has 0 aromatic heterocycles. The largest absolute Gasteiger partial charge is 0.472 e. The topological polar surface area (TPSA) is 442 Å². The summed E-state index contributed by atoms with van der Waals surface area (Å²) in [4.78, 5) is 35.0. The maximum Gasteiger partial charge on any atom is 0.472 e. The van der Waals surface area contributed by atoms with E-state index in [1.165, 1.54) is 122 Å². The molecule has 3 rings (SSSR count). The Labute approximate surface area is 509 Å². The highest BCUT2D eigenvalue weighted by molar-refractivity contribution is 7.47. The number of aliphatic hydroxyl groups excluding tert-OH is 14. The van der Waals surface area contributed by atoms with Crippen LogP contribution in [0.15, 0.2) is 0 Å². The highest BCUT2D eigenvalue weighted by Crippen LogP contribution is 2.49. The van der Waals surface area contributed by atoms with Crippen LogP contribution in [0.2, 0.25) is 0 Å². The van der Waals surface area contributed by atoms with Crippen LogP contribution < -0.4 is 5.32 Å². The molecule has 22 atom stereocenters. The maximum absolute atomic E-state index is 13.8. The molecule has 14 unspecified atom stereocenters. The van der Waals surface area contributed by atoms with Gasteiger partial charge in [-0.3, -0.25) is 22.9 Å². The summed E-state index contributed by atoms with van der Waals surface area (Å²) in [6, 6.07) is -1.42. The van der Waals surface area contributed by atoms with Gasteiger partial charge in [-0.15, -0.1) is 0 Å². The van der Waals surface area contributed by atoms with E-state index in [9.17, 15) is 95.2 Å². The van der Waals surface area contributed by atoms with Crippen molar-refractivity contribution in [1.82, 2.24) is 5.32 Å². The average molecular weight is 1290 g/mol. The summed E-state index contributed by atoms with van der Waals surface area (Å²) in [5.41, 5.74) is 0. The second-order valence-electron chi connectivity index (χ2n) is 24.2. The van der Waals surface area contributed by atoms with E-state index >= 15 is 0 Å². The second kappa shape index (κ2) is 43.0. The molecule has 0 aromatic carbocycles. The van der Waals surface area contributed by atoms with Gasteiger partial charge in [0.15, 0.2) is 6.29 Å². The minimum Gasteiger partial charge on any atom is -0.391 e. The van der Waals surface area contributed by atoms with Crippen LogP contribution in [-0.4, -0.2) is 223 Å². The van der Waals surface area contributed by atoms with Gasteiger partial charge in [-0.05, 0) is 12.8 Å². The zero-order chi connectivity index (χ0) is 63.8. The summed E-state index contributed by atoms with van der Waals surface area (Å²) in [6.07, 6.45) is -5.92. The summed E-state index contributed by atoms with van der Waals surface area (Å²) in [7, 11) is -11.1. The fraction of sp³-hybridized carbons (Fsp3) is 0.983. The van der Waals surface area contributed by atoms with Gasteiger partial charge in [0.25, 0.3) is 0 Å². The van der Waals surface area contributed by atoms with Gasteiger partial charge in [0, 0.05) is 0 Å². The van der Waals surface area contributed by atoms with E-state index in [1.54, 1.807) is 0 Å². The maximum atomic E-state index is 13.8. The predicted octanol–water partition coefficient (Wildman–Crippen LogP) is 3.58. The van der Waals surface area contributed by atoms with Crippen molar-refractivity contribution in [2.75, 3.05) is 13.2 Å². The molecule has 0 bridgehead atoms. The molecule has 28 heteroatoms. The first-order chi connectivity index (χ1) is 40.9. The van der Waals surface area contributed by atoms with Crippen LogP contribution in [0.4, 0.5) is 0 Å². The van der Waals surface area contributed by atoms with Crippen LogP contribution in [0.5, 0.6) is 0 Å². The monoisotopic (exact) mass is 1290 g/mol. The molecule has 17 N–H and O–H groups in total. The number of rotatable bonds is 48. The van der Waals surface area contributed by atoms with Gasteiger partial charge in [-0.25, -0.2) is 9.13 Å². The fourth-order valence-corrected chi connectivity index (χ4v) is 13.2. The van der Waals surface area contributed by atoms with Crippen LogP contribution in [0.1, 0.15) is 226 Å². The molecule has 86 heavy (non-hydrogen) atoms. The number of aliphatic hydroxyl groups is 14. The van der Waals surface area contributed by atoms with E-state index in [0.717, 1.165) is 64.2 Å². The van der Waals surface area contributed by atoms with Crippen molar-refractivity contribution in [2.24, 2.45) is 0 Å².